The highest BCUT2D eigenvalue weighted by molar-refractivity contribution is 8.22. The standard InChI is InChI=1S/C13H13NO4S2/c1-2-17-13(19)20-8-7-18-14-11(15)9-5-3-4-6-10(9)12(14)16/h3-6H,2,7-8H2,1H3. The van der Waals surface area contributed by atoms with Crippen LogP contribution < -0.4 is 0 Å². The number of benzene rings is 1. The van der Waals surface area contributed by atoms with Gasteiger partial charge in [0.1, 0.15) is 0 Å². The first-order valence-corrected chi connectivity index (χ1v) is 7.44. The molecule has 0 saturated heterocycles. The van der Waals surface area contributed by atoms with E-state index in [9.17, 15) is 9.59 Å². The molecule has 0 unspecified atom stereocenters. The summed E-state index contributed by atoms with van der Waals surface area (Å²) in [6.07, 6.45) is 0. The molecule has 0 radical (unpaired) electrons. The third kappa shape index (κ3) is 3.17. The zero-order chi connectivity index (χ0) is 14.5. The van der Waals surface area contributed by atoms with Crippen molar-refractivity contribution < 1.29 is 19.2 Å². The number of hydrogen-bond acceptors (Lipinski definition) is 6. The maximum Gasteiger partial charge on any atom is 0.285 e. The molecule has 0 fully saturated rings. The highest BCUT2D eigenvalue weighted by atomic mass is 32.2. The van der Waals surface area contributed by atoms with Crippen molar-refractivity contribution in [1.82, 2.24) is 5.06 Å². The number of fused-ring (bicyclic) bond motifs is 1. The number of rotatable bonds is 5. The molecule has 0 bridgehead atoms. The van der Waals surface area contributed by atoms with E-state index in [0.29, 0.717) is 27.9 Å². The van der Waals surface area contributed by atoms with E-state index in [1.807, 2.05) is 6.92 Å². The van der Waals surface area contributed by atoms with Crippen LogP contribution in [0, 0.1) is 0 Å². The molecule has 2 rings (SSSR count). The maximum absolute atomic E-state index is 12.0. The van der Waals surface area contributed by atoms with E-state index in [1.165, 1.54) is 11.8 Å². The van der Waals surface area contributed by atoms with Crippen molar-refractivity contribution in [2.75, 3.05) is 19.0 Å². The number of hydrogen-bond donors (Lipinski definition) is 0. The van der Waals surface area contributed by atoms with E-state index in [2.05, 4.69) is 0 Å². The minimum atomic E-state index is -0.428. The van der Waals surface area contributed by atoms with Crippen LogP contribution in [-0.2, 0) is 9.57 Å². The molecule has 0 atom stereocenters. The van der Waals surface area contributed by atoms with E-state index < -0.39 is 11.8 Å². The second-order valence-corrected chi connectivity index (χ2v) is 5.51. The Bertz CT molecular complexity index is 512. The summed E-state index contributed by atoms with van der Waals surface area (Å²) in [4.78, 5) is 29.2. The lowest BCUT2D eigenvalue weighted by molar-refractivity contribution is -0.0852. The van der Waals surface area contributed by atoms with Crippen LogP contribution in [0.2, 0.25) is 0 Å². The van der Waals surface area contributed by atoms with Crippen LogP contribution in [0.15, 0.2) is 24.3 Å². The van der Waals surface area contributed by atoms with Gasteiger partial charge in [0.05, 0.1) is 24.3 Å². The molecule has 1 aromatic rings. The lowest BCUT2D eigenvalue weighted by atomic mass is 10.1. The van der Waals surface area contributed by atoms with E-state index >= 15 is 0 Å². The fraction of sp³-hybridized carbons (Fsp3) is 0.308. The Morgan fingerprint density at radius 2 is 1.85 bits per heavy atom. The molecule has 1 aliphatic heterocycles. The minimum absolute atomic E-state index is 0.198. The average molecular weight is 311 g/mol. The number of ether oxygens (including phenoxy) is 1. The number of amides is 2. The van der Waals surface area contributed by atoms with Gasteiger partial charge < -0.3 is 4.74 Å². The highest BCUT2D eigenvalue weighted by Gasteiger charge is 2.36. The fourth-order valence-corrected chi connectivity index (χ4v) is 2.59. The molecule has 0 N–H and O–H groups in total. The summed E-state index contributed by atoms with van der Waals surface area (Å²) < 4.78 is 5.53. The Balaban J connectivity index is 1.85. The Hall–Kier alpha value is -1.44. The molecule has 0 aromatic heterocycles. The summed E-state index contributed by atoms with van der Waals surface area (Å²) in [6.45, 7) is 2.57. The van der Waals surface area contributed by atoms with Crippen molar-refractivity contribution in [2.45, 2.75) is 6.92 Å². The third-order valence-corrected chi connectivity index (χ3v) is 3.74. The summed E-state index contributed by atoms with van der Waals surface area (Å²) in [5.74, 6) is -0.349. The summed E-state index contributed by atoms with van der Waals surface area (Å²) >= 11 is 6.25. The van der Waals surface area contributed by atoms with Gasteiger partial charge in [-0.1, -0.05) is 23.9 Å². The van der Waals surface area contributed by atoms with Gasteiger partial charge in [0.2, 0.25) is 4.38 Å². The number of thiocarbonyl (C=S) groups is 1. The second kappa shape index (κ2) is 6.83. The molecule has 5 nitrogen and oxygen atoms in total. The molecule has 20 heavy (non-hydrogen) atoms. The molecule has 2 amide bonds. The normalized spacial score (nSPS) is 13.6. The highest BCUT2D eigenvalue weighted by Crippen LogP contribution is 2.22. The Morgan fingerprint density at radius 1 is 1.25 bits per heavy atom. The van der Waals surface area contributed by atoms with Crippen molar-refractivity contribution in [3.63, 3.8) is 0 Å². The van der Waals surface area contributed by atoms with E-state index in [1.54, 1.807) is 24.3 Å². The smallest absolute Gasteiger partial charge is 0.285 e. The zero-order valence-corrected chi connectivity index (χ0v) is 12.5. The van der Waals surface area contributed by atoms with Gasteiger partial charge in [-0.25, -0.2) is 0 Å². The Morgan fingerprint density at radius 3 is 2.40 bits per heavy atom. The van der Waals surface area contributed by atoms with Crippen LogP contribution in [0.4, 0.5) is 0 Å². The Kier molecular flexibility index (Phi) is 5.11. The second-order valence-electron chi connectivity index (χ2n) is 3.81. The van der Waals surface area contributed by atoms with Crippen LogP contribution in [0.1, 0.15) is 27.6 Å². The van der Waals surface area contributed by atoms with Crippen LogP contribution in [0.25, 0.3) is 0 Å². The van der Waals surface area contributed by atoms with Gasteiger partial charge in [-0.15, -0.1) is 5.06 Å². The van der Waals surface area contributed by atoms with Gasteiger partial charge in [0.25, 0.3) is 11.8 Å². The summed E-state index contributed by atoms with van der Waals surface area (Å²) in [7, 11) is 0. The van der Waals surface area contributed by atoms with Crippen LogP contribution in [-0.4, -0.2) is 40.2 Å². The predicted molar refractivity (Wildman–Crippen MR) is 79.6 cm³/mol. The van der Waals surface area contributed by atoms with E-state index in [-0.39, 0.29) is 6.61 Å². The van der Waals surface area contributed by atoms with Gasteiger partial charge in [0.15, 0.2) is 0 Å². The molecule has 1 heterocycles. The van der Waals surface area contributed by atoms with Gasteiger partial charge in [-0.2, -0.15) is 0 Å². The van der Waals surface area contributed by atoms with Gasteiger partial charge >= 0.3 is 0 Å². The lowest BCUT2D eigenvalue weighted by Crippen LogP contribution is -2.30. The number of carbonyl (C=O) groups is 2. The number of carbonyl (C=O) groups excluding carboxylic acids is 2. The van der Waals surface area contributed by atoms with Gasteiger partial charge in [-0.3, -0.25) is 14.4 Å². The van der Waals surface area contributed by atoms with E-state index in [0.717, 1.165) is 5.06 Å². The number of nitrogens with zero attached hydrogens (tertiary/aromatic N) is 1. The quantitative estimate of drug-likeness (QED) is 0.472. The van der Waals surface area contributed by atoms with Crippen molar-refractivity contribution in [2.24, 2.45) is 0 Å². The molecule has 106 valence electrons. The summed E-state index contributed by atoms with van der Waals surface area (Å²) in [6, 6.07) is 6.64. The molecule has 7 heteroatoms. The van der Waals surface area contributed by atoms with Crippen molar-refractivity contribution in [3.05, 3.63) is 35.4 Å². The largest absolute Gasteiger partial charge is 0.479 e. The molecular formula is C13H13NO4S2. The lowest BCUT2D eigenvalue weighted by Gasteiger charge is -2.13. The summed E-state index contributed by atoms with van der Waals surface area (Å²) in [5, 5.41) is 0.801. The first kappa shape index (κ1) is 15.0. The van der Waals surface area contributed by atoms with Crippen molar-refractivity contribution >= 4 is 40.2 Å². The van der Waals surface area contributed by atoms with Gasteiger partial charge in [-0.05, 0) is 31.3 Å². The van der Waals surface area contributed by atoms with Crippen LogP contribution in [0.3, 0.4) is 0 Å². The Labute approximate surface area is 126 Å². The maximum atomic E-state index is 12.0. The molecule has 0 spiro atoms. The van der Waals surface area contributed by atoms with Crippen LogP contribution in [0.5, 0.6) is 0 Å². The molecule has 1 aromatic carbocycles. The molecular weight excluding hydrogens is 298 g/mol. The third-order valence-electron chi connectivity index (χ3n) is 2.54. The molecule has 0 saturated carbocycles. The number of hydroxylamine groups is 2. The topological polar surface area (TPSA) is 55.8 Å². The molecule has 1 aliphatic rings. The van der Waals surface area contributed by atoms with Crippen LogP contribution >= 0.6 is 24.0 Å². The fourth-order valence-electron chi connectivity index (χ4n) is 1.70. The minimum Gasteiger partial charge on any atom is -0.479 e. The van der Waals surface area contributed by atoms with Crippen molar-refractivity contribution in [3.8, 4) is 0 Å². The SMILES string of the molecule is CCOC(=S)SCCON1C(=O)c2ccccc2C1=O. The van der Waals surface area contributed by atoms with Crippen molar-refractivity contribution in [1.29, 1.82) is 0 Å². The first-order valence-electron chi connectivity index (χ1n) is 6.05. The molecule has 0 aliphatic carbocycles. The first-order chi connectivity index (χ1) is 9.65. The monoisotopic (exact) mass is 311 g/mol. The predicted octanol–water partition coefficient (Wildman–Crippen LogP) is 2.27. The van der Waals surface area contributed by atoms with E-state index in [4.69, 9.17) is 21.8 Å². The summed E-state index contributed by atoms with van der Waals surface area (Å²) in [5.41, 5.74) is 0.741. The average Bonchev–Trinajstić information content (AvgIpc) is 2.69. The zero-order valence-electron chi connectivity index (χ0n) is 10.8. The number of thioether (sulfide) groups is 1. The van der Waals surface area contributed by atoms with Gasteiger partial charge in [0, 0.05) is 5.75 Å². The number of imide groups is 1.